The van der Waals surface area contributed by atoms with E-state index in [9.17, 15) is 13.2 Å². The topological polar surface area (TPSA) is 113 Å². The highest BCUT2D eigenvalue weighted by Gasteiger charge is 2.17. The lowest BCUT2D eigenvalue weighted by Crippen LogP contribution is -2.23. The molecule has 1 N–H and O–H groups in total. The lowest BCUT2D eigenvalue weighted by Gasteiger charge is -2.11. The van der Waals surface area contributed by atoms with Crippen molar-refractivity contribution in [2.75, 3.05) is 14.1 Å². The van der Waals surface area contributed by atoms with Gasteiger partial charge in [0, 0.05) is 20.6 Å². The molecule has 8 nitrogen and oxygen atoms in total. The molecule has 0 aliphatic rings. The fourth-order valence-electron chi connectivity index (χ4n) is 2.67. The van der Waals surface area contributed by atoms with E-state index in [0.29, 0.717) is 17.1 Å². The number of nitriles is 1. The number of para-hydroxylation sites is 1. The summed E-state index contributed by atoms with van der Waals surface area (Å²) in [5.74, 6) is 0.593. The minimum Gasteiger partial charge on any atom is -0.484 e. The van der Waals surface area contributed by atoms with Crippen molar-refractivity contribution in [2.24, 2.45) is 0 Å². The number of benzene rings is 2. The summed E-state index contributed by atoms with van der Waals surface area (Å²) in [5, 5.41) is 11.8. The van der Waals surface area contributed by atoms with Crippen molar-refractivity contribution in [2.45, 2.75) is 18.0 Å². The summed E-state index contributed by atoms with van der Waals surface area (Å²) in [6.45, 7) is 0.289. The zero-order valence-electron chi connectivity index (χ0n) is 17.0. The first-order valence-electron chi connectivity index (χ1n) is 9.31. The number of carbonyl (C=O) groups excluding carboxylic acids is 1. The molecule has 3 rings (SSSR count). The molecule has 1 amide bonds. The molecular weight excluding hydrogens is 418 g/mol. The molecule has 0 saturated carbocycles. The van der Waals surface area contributed by atoms with E-state index >= 15 is 0 Å². The van der Waals surface area contributed by atoms with Crippen LogP contribution in [-0.2, 0) is 23.2 Å². The first kappa shape index (κ1) is 22.1. The quantitative estimate of drug-likeness (QED) is 0.577. The first-order valence-corrected chi connectivity index (χ1v) is 10.8. The van der Waals surface area contributed by atoms with E-state index in [1.807, 2.05) is 6.07 Å². The fourth-order valence-corrected chi connectivity index (χ4v) is 3.57. The van der Waals surface area contributed by atoms with E-state index in [-0.39, 0.29) is 23.8 Å². The Morgan fingerprint density at radius 3 is 2.48 bits per heavy atom. The first-order chi connectivity index (χ1) is 14.8. The molecule has 2 aromatic carbocycles. The highest BCUT2D eigenvalue weighted by molar-refractivity contribution is 7.89. The maximum Gasteiger partial charge on any atom is 0.287 e. The molecule has 0 radical (unpaired) electrons. The number of nitrogens with one attached hydrogen (secondary N) is 1. The van der Waals surface area contributed by atoms with E-state index in [4.69, 9.17) is 14.4 Å². The van der Waals surface area contributed by atoms with Crippen LogP contribution < -0.4 is 10.1 Å². The Kier molecular flexibility index (Phi) is 6.74. The molecular formula is C22H21N3O5S. The van der Waals surface area contributed by atoms with Gasteiger partial charge in [0.1, 0.15) is 24.2 Å². The van der Waals surface area contributed by atoms with Gasteiger partial charge in [-0.2, -0.15) is 5.26 Å². The number of hydrogen-bond acceptors (Lipinski definition) is 6. The number of nitrogens with zero attached hydrogens (tertiary/aromatic N) is 2. The molecule has 1 aromatic heterocycles. The third kappa shape index (κ3) is 5.31. The normalized spacial score (nSPS) is 11.2. The highest BCUT2D eigenvalue weighted by Crippen LogP contribution is 2.19. The molecule has 0 aliphatic carbocycles. The minimum atomic E-state index is -3.49. The summed E-state index contributed by atoms with van der Waals surface area (Å²) in [6.07, 6.45) is 0. The Hall–Kier alpha value is -3.61. The van der Waals surface area contributed by atoms with Gasteiger partial charge in [-0.05, 0) is 42.0 Å². The Labute approximate surface area is 180 Å². The van der Waals surface area contributed by atoms with Crippen molar-refractivity contribution in [3.05, 3.63) is 83.3 Å². The zero-order valence-corrected chi connectivity index (χ0v) is 17.8. The molecule has 0 saturated heterocycles. The van der Waals surface area contributed by atoms with Gasteiger partial charge in [0.05, 0.1) is 10.5 Å². The maximum absolute atomic E-state index is 12.3. The third-order valence-electron chi connectivity index (χ3n) is 4.42. The molecule has 160 valence electrons. The molecule has 0 spiro atoms. The minimum absolute atomic E-state index is 0.0772. The van der Waals surface area contributed by atoms with Crippen LogP contribution in [-0.4, -0.2) is 32.7 Å². The molecule has 1 heterocycles. The SMILES string of the molecule is CN(C)S(=O)(=O)c1ccc(CNC(=O)c2ccc(COc3ccccc3C#N)o2)cc1. The molecule has 0 atom stereocenters. The molecule has 0 aliphatic heterocycles. The van der Waals surface area contributed by atoms with Crippen molar-refractivity contribution in [3.8, 4) is 11.8 Å². The van der Waals surface area contributed by atoms with Crippen LogP contribution in [0.25, 0.3) is 0 Å². The predicted octanol–water partition coefficient (Wildman–Crippen LogP) is 2.91. The van der Waals surface area contributed by atoms with Crippen LogP contribution in [0.3, 0.4) is 0 Å². The second-order valence-corrected chi connectivity index (χ2v) is 8.93. The van der Waals surface area contributed by atoms with Crippen LogP contribution in [0.5, 0.6) is 5.75 Å². The lowest BCUT2D eigenvalue weighted by atomic mass is 10.2. The second-order valence-electron chi connectivity index (χ2n) is 6.78. The van der Waals surface area contributed by atoms with Crippen LogP contribution in [0.15, 0.2) is 70.0 Å². The summed E-state index contributed by atoms with van der Waals surface area (Å²) in [7, 11) is -0.561. The number of furan rings is 1. The molecule has 0 fully saturated rings. The smallest absolute Gasteiger partial charge is 0.287 e. The van der Waals surface area contributed by atoms with Crippen molar-refractivity contribution >= 4 is 15.9 Å². The molecule has 31 heavy (non-hydrogen) atoms. The number of amides is 1. The fraction of sp³-hybridized carbons (Fsp3) is 0.182. The second kappa shape index (κ2) is 9.47. The van der Waals surface area contributed by atoms with E-state index in [0.717, 1.165) is 9.87 Å². The van der Waals surface area contributed by atoms with Crippen molar-refractivity contribution in [3.63, 3.8) is 0 Å². The van der Waals surface area contributed by atoms with Gasteiger partial charge in [-0.25, -0.2) is 12.7 Å². The summed E-state index contributed by atoms with van der Waals surface area (Å²) in [6, 6.07) is 18.3. The predicted molar refractivity (Wildman–Crippen MR) is 113 cm³/mol. The number of hydrogen-bond donors (Lipinski definition) is 1. The van der Waals surface area contributed by atoms with Gasteiger partial charge < -0.3 is 14.5 Å². The van der Waals surface area contributed by atoms with Gasteiger partial charge in [0.2, 0.25) is 10.0 Å². The van der Waals surface area contributed by atoms with Crippen LogP contribution in [0.2, 0.25) is 0 Å². The van der Waals surface area contributed by atoms with Crippen molar-refractivity contribution in [1.29, 1.82) is 5.26 Å². The average molecular weight is 439 g/mol. The zero-order chi connectivity index (χ0) is 22.4. The largest absolute Gasteiger partial charge is 0.484 e. The lowest BCUT2D eigenvalue weighted by molar-refractivity contribution is 0.0919. The van der Waals surface area contributed by atoms with Gasteiger partial charge in [-0.15, -0.1) is 0 Å². The average Bonchev–Trinajstić information content (AvgIpc) is 3.25. The van der Waals surface area contributed by atoms with E-state index in [1.54, 1.807) is 42.5 Å². The number of carbonyl (C=O) groups is 1. The molecule has 0 unspecified atom stereocenters. The van der Waals surface area contributed by atoms with Crippen LogP contribution >= 0.6 is 0 Å². The van der Waals surface area contributed by atoms with Gasteiger partial charge >= 0.3 is 0 Å². The van der Waals surface area contributed by atoms with Crippen LogP contribution in [0, 0.1) is 11.3 Å². The monoisotopic (exact) mass is 439 g/mol. The van der Waals surface area contributed by atoms with Gasteiger partial charge in [0.25, 0.3) is 5.91 Å². The van der Waals surface area contributed by atoms with Crippen LogP contribution in [0.1, 0.15) is 27.4 Å². The maximum atomic E-state index is 12.3. The van der Waals surface area contributed by atoms with Crippen molar-refractivity contribution < 1.29 is 22.4 Å². The number of sulfonamides is 1. The Morgan fingerprint density at radius 2 is 1.81 bits per heavy atom. The van der Waals surface area contributed by atoms with Crippen molar-refractivity contribution in [1.82, 2.24) is 9.62 Å². The number of ether oxygens (including phenoxy) is 1. The Morgan fingerprint density at radius 1 is 1.10 bits per heavy atom. The standard InChI is InChI=1S/C22H21N3O5S/c1-25(2)31(27,28)19-10-7-16(8-11-19)14-24-22(26)21-12-9-18(30-21)15-29-20-6-4-3-5-17(20)13-23/h3-12H,14-15H2,1-2H3,(H,24,26). The van der Waals surface area contributed by atoms with Gasteiger partial charge in [0.15, 0.2) is 5.76 Å². The Balaban J connectivity index is 1.56. The van der Waals surface area contributed by atoms with E-state index in [1.165, 1.54) is 32.3 Å². The molecule has 9 heteroatoms. The molecule has 0 bridgehead atoms. The van der Waals surface area contributed by atoms with Gasteiger partial charge in [-0.1, -0.05) is 24.3 Å². The van der Waals surface area contributed by atoms with Gasteiger partial charge in [-0.3, -0.25) is 4.79 Å². The summed E-state index contributed by atoms with van der Waals surface area (Å²) in [4.78, 5) is 12.5. The Bertz CT molecular complexity index is 1210. The summed E-state index contributed by atoms with van der Waals surface area (Å²) < 4.78 is 36.4. The van der Waals surface area contributed by atoms with E-state index in [2.05, 4.69) is 5.32 Å². The third-order valence-corrected chi connectivity index (χ3v) is 6.25. The van der Waals surface area contributed by atoms with Crippen LogP contribution in [0.4, 0.5) is 0 Å². The summed E-state index contributed by atoms with van der Waals surface area (Å²) in [5.41, 5.74) is 1.16. The number of rotatable bonds is 8. The summed E-state index contributed by atoms with van der Waals surface area (Å²) >= 11 is 0. The highest BCUT2D eigenvalue weighted by atomic mass is 32.2. The van der Waals surface area contributed by atoms with E-state index < -0.39 is 15.9 Å². The molecule has 3 aromatic rings.